The van der Waals surface area contributed by atoms with Crippen LogP contribution < -0.4 is 0 Å². The van der Waals surface area contributed by atoms with E-state index in [4.69, 9.17) is 4.42 Å². The van der Waals surface area contributed by atoms with Crippen molar-refractivity contribution in [2.24, 2.45) is 0 Å². The van der Waals surface area contributed by atoms with Crippen LogP contribution in [0.25, 0.3) is 10.8 Å². The third kappa shape index (κ3) is 1.54. The monoisotopic (exact) mass is 291 g/mol. The Morgan fingerprint density at radius 1 is 1.58 bits per heavy atom. The summed E-state index contributed by atoms with van der Waals surface area (Å²) in [5, 5.41) is 2.02. The molecule has 0 atom stereocenters. The first kappa shape index (κ1) is 8.25. The predicted octanol–water partition coefficient (Wildman–Crippen LogP) is 3.34. The molecule has 0 N–H and O–H groups in total. The van der Waals surface area contributed by atoms with Gasteiger partial charge in [0.05, 0.1) is 10.6 Å². The molecule has 12 heavy (non-hydrogen) atoms. The zero-order valence-corrected chi connectivity index (χ0v) is 9.13. The number of hydrogen-bond donors (Lipinski definition) is 0. The van der Waals surface area contributed by atoms with Gasteiger partial charge in [-0.15, -0.1) is 11.3 Å². The van der Waals surface area contributed by atoms with Gasteiger partial charge in [-0.25, -0.2) is 4.98 Å². The standard InChI is InChI=1S/C8H6INOS/c9-4-6-5-11-8(10-6)7-2-1-3-12-7/h1-3,5H,4H2. The van der Waals surface area contributed by atoms with Gasteiger partial charge in [0.15, 0.2) is 0 Å². The molecule has 0 spiro atoms. The molecule has 0 radical (unpaired) electrons. The second-order valence-corrected chi connectivity index (χ2v) is 3.97. The summed E-state index contributed by atoms with van der Waals surface area (Å²) in [7, 11) is 0. The SMILES string of the molecule is ICc1coc(-c2cccs2)n1. The van der Waals surface area contributed by atoms with Gasteiger partial charge in [0.25, 0.3) is 0 Å². The van der Waals surface area contributed by atoms with E-state index in [1.54, 1.807) is 17.6 Å². The number of nitrogens with zero attached hydrogens (tertiary/aromatic N) is 1. The van der Waals surface area contributed by atoms with E-state index in [1.807, 2.05) is 17.5 Å². The average Bonchev–Trinajstić information content (AvgIpc) is 2.75. The lowest BCUT2D eigenvalue weighted by atomic mass is 10.5. The smallest absolute Gasteiger partial charge is 0.236 e. The minimum absolute atomic E-state index is 0.733. The van der Waals surface area contributed by atoms with E-state index in [9.17, 15) is 0 Å². The van der Waals surface area contributed by atoms with E-state index in [0.29, 0.717) is 0 Å². The van der Waals surface area contributed by atoms with Gasteiger partial charge in [-0.2, -0.15) is 0 Å². The third-order valence-corrected chi connectivity index (χ3v) is 3.06. The van der Waals surface area contributed by atoms with E-state index < -0.39 is 0 Å². The Balaban J connectivity index is 2.35. The normalized spacial score (nSPS) is 10.4. The second-order valence-electron chi connectivity index (χ2n) is 2.25. The summed E-state index contributed by atoms with van der Waals surface area (Å²) in [6, 6.07) is 4.00. The van der Waals surface area contributed by atoms with Crippen molar-refractivity contribution in [1.82, 2.24) is 4.98 Å². The number of alkyl halides is 1. The fourth-order valence-corrected chi connectivity index (χ4v) is 1.89. The van der Waals surface area contributed by atoms with Crippen LogP contribution in [-0.4, -0.2) is 4.98 Å². The minimum Gasteiger partial charge on any atom is -0.444 e. The molecule has 2 rings (SSSR count). The molecule has 2 aromatic rings. The largest absolute Gasteiger partial charge is 0.444 e. The number of hydrogen-bond acceptors (Lipinski definition) is 3. The molecule has 62 valence electrons. The molecule has 2 aromatic heterocycles. The first-order valence-electron chi connectivity index (χ1n) is 3.44. The summed E-state index contributed by atoms with van der Waals surface area (Å²) in [5.74, 6) is 0.733. The molecule has 0 aliphatic carbocycles. The molecule has 2 heterocycles. The molecule has 0 fully saturated rings. The Morgan fingerprint density at radius 2 is 2.50 bits per heavy atom. The Bertz CT molecular complexity index is 355. The van der Waals surface area contributed by atoms with Gasteiger partial charge in [0.1, 0.15) is 6.26 Å². The van der Waals surface area contributed by atoms with Gasteiger partial charge in [-0.3, -0.25) is 0 Å². The summed E-state index contributed by atoms with van der Waals surface area (Å²) < 4.78 is 6.19. The zero-order valence-electron chi connectivity index (χ0n) is 6.16. The Kier molecular flexibility index (Phi) is 2.45. The van der Waals surface area contributed by atoms with Crippen LogP contribution in [0.4, 0.5) is 0 Å². The lowest BCUT2D eigenvalue weighted by Crippen LogP contribution is -1.75. The number of halogens is 1. The fourth-order valence-electron chi connectivity index (χ4n) is 0.882. The first-order valence-corrected chi connectivity index (χ1v) is 5.85. The van der Waals surface area contributed by atoms with Crippen LogP contribution in [0.15, 0.2) is 28.2 Å². The third-order valence-electron chi connectivity index (χ3n) is 1.42. The van der Waals surface area contributed by atoms with E-state index >= 15 is 0 Å². The zero-order chi connectivity index (χ0) is 8.39. The van der Waals surface area contributed by atoms with Gasteiger partial charge in [0, 0.05) is 4.43 Å². The Hall–Kier alpha value is -0.360. The van der Waals surface area contributed by atoms with Crippen molar-refractivity contribution in [2.75, 3.05) is 0 Å². The highest BCUT2D eigenvalue weighted by atomic mass is 127. The molecule has 0 amide bonds. The second kappa shape index (κ2) is 3.57. The van der Waals surface area contributed by atoms with Gasteiger partial charge < -0.3 is 4.42 Å². The summed E-state index contributed by atoms with van der Waals surface area (Å²) >= 11 is 3.91. The maximum atomic E-state index is 5.29. The van der Waals surface area contributed by atoms with E-state index in [2.05, 4.69) is 27.6 Å². The van der Waals surface area contributed by atoms with Crippen LogP contribution >= 0.6 is 33.9 Å². The average molecular weight is 291 g/mol. The van der Waals surface area contributed by atoms with Crippen molar-refractivity contribution in [2.45, 2.75) is 4.43 Å². The molecule has 0 saturated heterocycles. The first-order chi connectivity index (χ1) is 5.90. The van der Waals surface area contributed by atoms with E-state index in [0.717, 1.165) is 20.9 Å². The maximum absolute atomic E-state index is 5.29. The highest BCUT2D eigenvalue weighted by Gasteiger charge is 2.05. The van der Waals surface area contributed by atoms with Crippen LogP contribution in [0.1, 0.15) is 5.69 Å². The van der Waals surface area contributed by atoms with Crippen molar-refractivity contribution >= 4 is 33.9 Å². The molecule has 0 aliphatic heterocycles. The molecule has 0 bridgehead atoms. The van der Waals surface area contributed by atoms with Crippen LogP contribution in [0, 0.1) is 0 Å². The highest BCUT2D eigenvalue weighted by molar-refractivity contribution is 14.1. The molecule has 0 aromatic carbocycles. The molecule has 4 heteroatoms. The van der Waals surface area contributed by atoms with Crippen molar-refractivity contribution in [3.63, 3.8) is 0 Å². The summed E-state index contributed by atoms with van der Waals surface area (Å²) in [6.07, 6.45) is 1.71. The maximum Gasteiger partial charge on any atom is 0.236 e. The lowest BCUT2D eigenvalue weighted by molar-refractivity contribution is 0.575. The number of thiophene rings is 1. The highest BCUT2D eigenvalue weighted by Crippen LogP contribution is 2.23. The van der Waals surface area contributed by atoms with Gasteiger partial charge in [0.2, 0.25) is 5.89 Å². The molecule has 0 aliphatic rings. The quantitative estimate of drug-likeness (QED) is 0.626. The molecule has 0 unspecified atom stereocenters. The summed E-state index contributed by atoms with van der Waals surface area (Å²) in [4.78, 5) is 5.40. The fraction of sp³-hybridized carbons (Fsp3) is 0.125. The summed E-state index contributed by atoms with van der Waals surface area (Å²) in [6.45, 7) is 0. The van der Waals surface area contributed by atoms with Crippen LogP contribution in [-0.2, 0) is 4.43 Å². The Labute approximate surface area is 87.8 Å². The topological polar surface area (TPSA) is 26.0 Å². The Morgan fingerprint density at radius 3 is 3.08 bits per heavy atom. The van der Waals surface area contributed by atoms with Gasteiger partial charge >= 0.3 is 0 Å². The van der Waals surface area contributed by atoms with Crippen molar-refractivity contribution in [1.29, 1.82) is 0 Å². The van der Waals surface area contributed by atoms with E-state index in [1.165, 1.54) is 0 Å². The molecular formula is C8H6INOS. The van der Waals surface area contributed by atoms with E-state index in [-0.39, 0.29) is 0 Å². The number of oxazole rings is 1. The molecule has 0 saturated carbocycles. The molecular weight excluding hydrogens is 285 g/mol. The lowest BCUT2D eigenvalue weighted by Gasteiger charge is -1.84. The summed E-state index contributed by atoms with van der Waals surface area (Å²) in [5.41, 5.74) is 0.999. The van der Waals surface area contributed by atoms with Crippen molar-refractivity contribution in [3.8, 4) is 10.8 Å². The van der Waals surface area contributed by atoms with Crippen molar-refractivity contribution < 1.29 is 4.42 Å². The number of aromatic nitrogens is 1. The van der Waals surface area contributed by atoms with Gasteiger partial charge in [-0.1, -0.05) is 28.7 Å². The predicted molar refractivity (Wildman–Crippen MR) is 57.5 cm³/mol. The van der Waals surface area contributed by atoms with Crippen molar-refractivity contribution in [3.05, 3.63) is 29.5 Å². The number of rotatable bonds is 2. The van der Waals surface area contributed by atoms with Crippen LogP contribution in [0.2, 0.25) is 0 Å². The van der Waals surface area contributed by atoms with Crippen LogP contribution in [0.5, 0.6) is 0 Å². The molecule has 2 nitrogen and oxygen atoms in total. The minimum atomic E-state index is 0.733. The van der Waals surface area contributed by atoms with Gasteiger partial charge in [-0.05, 0) is 11.4 Å². The van der Waals surface area contributed by atoms with Crippen LogP contribution in [0.3, 0.4) is 0 Å².